The Morgan fingerprint density at radius 2 is 2.38 bits per heavy atom. The summed E-state index contributed by atoms with van der Waals surface area (Å²) in [6, 6.07) is 1.77. The standard InChI is InChI=1S/C8H6BrClN2O/c9-6-1-5(3-13)12-4-11-2-7(12)8(6)10/h1-2,4,13H,3H2. The zero-order chi connectivity index (χ0) is 9.42. The molecule has 3 nitrogen and oxygen atoms in total. The SMILES string of the molecule is OCc1cc(Br)c(Cl)c2cncn12. The molecule has 2 heterocycles. The molecule has 2 aromatic heterocycles. The quantitative estimate of drug-likeness (QED) is 0.855. The van der Waals surface area contributed by atoms with Crippen molar-refractivity contribution in [3.05, 3.63) is 33.8 Å². The molecule has 0 unspecified atom stereocenters. The molecule has 0 amide bonds. The highest BCUT2D eigenvalue weighted by molar-refractivity contribution is 9.10. The summed E-state index contributed by atoms with van der Waals surface area (Å²) in [5.74, 6) is 0. The molecule has 5 heteroatoms. The van der Waals surface area contributed by atoms with Crippen molar-refractivity contribution in [2.75, 3.05) is 0 Å². The van der Waals surface area contributed by atoms with E-state index in [2.05, 4.69) is 20.9 Å². The molecule has 0 saturated heterocycles. The third-order valence-corrected chi connectivity index (χ3v) is 3.09. The third-order valence-electron chi connectivity index (χ3n) is 1.84. The van der Waals surface area contributed by atoms with Crippen LogP contribution in [0.25, 0.3) is 5.52 Å². The Balaban J connectivity index is 2.87. The fraction of sp³-hybridized carbons (Fsp3) is 0.125. The van der Waals surface area contributed by atoms with Crippen molar-refractivity contribution in [3.63, 3.8) is 0 Å². The fourth-order valence-corrected chi connectivity index (χ4v) is 1.87. The van der Waals surface area contributed by atoms with E-state index in [0.717, 1.165) is 15.7 Å². The monoisotopic (exact) mass is 260 g/mol. The molecular formula is C8H6BrClN2O. The van der Waals surface area contributed by atoms with Gasteiger partial charge in [0.1, 0.15) is 0 Å². The smallest absolute Gasteiger partial charge is 0.0995 e. The Labute approximate surface area is 88.1 Å². The van der Waals surface area contributed by atoms with Gasteiger partial charge in [-0.1, -0.05) is 11.6 Å². The van der Waals surface area contributed by atoms with E-state index in [1.165, 1.54) is 0 Å². The van der Waals surface area contributed by atoms with Crippen molar-refractivity contribution < 1.29 is 5.11 Å². The molecule has 2 rings (SSSR count). The molecule has 0 aliphatic heterocycles. The summed E-state index contributed by atoms with van der Waals surface area (Å²) in [6.45, 7) is -0.0391. The van der Waals surface area contributed by atoms with Crippen LogP contribution in [0, 0.1) is 0 Å². The molecule has 0 atom stereocenters. The van der Waals surface area contributed by atoms with Crippen molar-refractivity contribution >= 4 is 33.0 Å². The van der Waals surface area contributed by atoms with E-state index in [4.69, 9.17) is 16.7 Å². The van der Waals surface area contributed by atoms with Crippen molar-refractivity contribution in [3.8, 4) is 0 Å². The van der Waals surface area contributed by atoms with Crippen LogP contribution in [0.5, 0.6) is 0 Å². The summed E-state index contributed by atoms with van der Waals surface area (Å²) in [6.07, 6.45) is 3.28. The molecule has 0 bridgehead atoms. The molecule has 0 aliphatic rings. The summed E-state index contributed by atoms with van der Waals surface area (Å²) in [5, 5.41) is 9.66. The van der Waals surface area contributed by atoms with E-state index in [-0.39, 0.29) is 6.61 Å². The predicted molar refractivity (Wildman–Crippen MR) is 53.8 cm³/mol. The van der Waals surface area contributed by atoms with Gasteiger partial charge in [-0.3, -0.25) is 4.40 Å². The van der Waals surface area contributed by atoms with Gasteiger partial charge in [-0.15, -0.1) is 0 Å². The lowest BCUT2D eigenvalue weighted by Gasteiger charge is -2.05. The Morgan fingerprint density at radius 1 is 1.62 bits per heavy atom. The number of aliphatic hydroxyl groups is 1. The molecule has 0 radical (unpaired) electrons. The molecule has 1 N–H and O–H groups in total. The van der Waals surface area contributed by atoms with E-state index in [9.17, 15) is 0 Å². The van der Waals surface area contributed by atoms with Gasteiger partial charge in [-0.2, -0.15) is 0 Å². The first kappa shape index (κ1) is 8.99. The van der Waals surface area contributed by atoms with Crippen LogP contribution < -0.4 is 0 Å². The fourth-order valence-electron chi connectivity index (χ4n) is 1.21. The normalized spacial score (nSPS) is 11.0. The lowest BCUT2D eigenvalue weighted by Crippen LogP contribution is -1.95. The molecule has 0 aromatic carbocycles. The summed E-state index contributed by atoms with van der Waals surface area (Å²) < 4.78 is 2.53. The highest BCUT2D eigenvalue weighted by atomic mass is 79.9. The van der Waals surface area contributed by atoms with Gasteiger partial charge in [0.25, 0.3) is 0 Å². The van der Waals surface area contributed by atoms with E-state index < -0.39 is 0 Å². The first-order chi connectivity index (χ1) is 6.24. The minimum atomic E-state index is -0.0391. The number of halogens is 2. The van der Waals surface area contributed by atoms with E-state index in [0.29, 0.717) is 5.02 Å². The van der Waals surface area contributed by atoms with Gasteiger partial charge in [0.05, 0.1) is 35.4 Å². The predicted octanol–water partition coefficient (Wildman–Crippen LogP) is 2.24. The minimum Gasteiger partial charge on any atom is -0.390 e. The van der Waals surface area contributed by atoms with Crippen LogP contribution >= 0.6 is 27.5 Å². The highest BCUT2D eigenvalue weighted by Crippen LogP contribution is 2.28. The maximum absolute atomic E-state index is 9.06. The van der Waals surface area contributed by atoms with Gasteiger partial charge in [-0.05, 0) is 22.0 Å². The Bertz CT molecular complexity index is 455. The van der Waals surface area contributed by atoms with Crippen molar-refractivity contribution in [1.82, 2.24) is 9.38 Å². The average molecular weight is 262 g/mol. The Hall–Kier alpha value is -0.580. The maximum Gasteiger partial charge on any atom is 0.0995 e. The number of nitrogens with zero attached hydrogens (tertiary/aromatic N) is 2. The number of aromatic nitrogens is 2. The second kappa shape index (κ2) is 3.29. The van der Waals surface area contributed by atoms with Gasteiger partial charge in [0.2, 0.25) is 0 Å². The maximum atomic E-state index is 9.06. The van der Waals surface area contributed by atoms with Gasteiger partial charge >= 0.3 is 0 Å². The molecule has 2 aromatic rings. The number of pyridine rings is 1. The van der Waals surface area contributed by atoms with Crippen LogP contribution in [0.1, 0.15) is 5.69 Å². The molecule has 13 heavy (non-hydrogen) atoms. The Kier molecular flexibility index (Phi) is 2.27. The van der Waals surface area contributed by atoms with Crippen LogP contribution in [0.15, 0.2) is 23.1 Å². The number of fused-ring (bicyclic) bond motifs is 1. The van der Waals surface area contributed by atoms with Crippen molar-refractivity contribution in [2.45, 2.75) is 6.61 Å². The van der Waals surface area contributed by atoms with E-state index in [1.807, 2.05) is 0 Å². The van der Waals surface area contributed by atoms with Crippen molar-refractivity contribution in [2.24, 2.45) is 0 Å². The van der Waals surface area contributed by atoms with Crippen molar-refractivity contribution in [1.29, 1.82) is 0 Å². The largest absolute Gasteiger partial charge is 0.390 e. The Morgan fingerprint density at radius 3 is 3.08 bits per heavy atom. The second-order valence-corrected chi connectivity index (χ2v) is 3.84. The average Bonchev–Trinajstić information content (AvgIpc) is 2.60. The van der Waals surface area contributed by atoms with Crippen LogP contribution in [-0.2, 0) is 6.61 Å². The van der Waals surface area contributed by atoms with Gasteiger partial charge in [0, 0.05) is 4.47 Å². The minimum absolute atomic E-state index is 0.0391. The van der Waals surface area contributed by atoms with E-state index in [1.54, 1.807) is 23.0 Å². The highest BCUT2D eigenvalue weighted by Gasteiger charge is 2.07. The number of hydrogen-bond donors (Lipinski definition) is 1. The van der Waals surface area contributed by atoms with Gasteiger partial charge in [0.15, 0.2) is 0 Å². The summed E-state index contributed by atoms with van der Waals surface area (Å²) in [7, 11) is 0. The first-order valence-corrected chi connectivity index (χ1v) is 4.81. The zero-order valence-electron chi connectivity index (χ0n) is 6.54. The number of aliphatic hydroxyl groups excluding tert-OH is 1. The number of hydrogen-bond acceptors (Lipinski definition) is 2. The molecule has 68 valence electrons. The summed E-state index contributed by atoms with van der Waals surface area (Å²) in [4.78, 5) is 3.96. The third kappa shape index (κ3) is 1.35. The van der Waals surface area contributed by atoms with Crippen LogP contribution in [-0.4, -0.2) is 14.5 Å². The zero-order valence-corrected chi connectivity index (χ0v) is 8.88. The molecule has 0 saturated carbocycles. The lowest BCUT2D eigenvalue weighted by molar-refractivity contribution is 0.275. The van der Waals surface area contributed by atoms with Gasteiger partial charge < -0.3 is 5.11 Å². The van der Waals surface area contributed by atoms with Crippen LogP contribution in [0.3, 0.4) is 0 Å². The number of imidazole rings is 1. The molecule has 0 aliphatic carbocycles. The van der Waals surface area contributed by atoms with Crippen LogP contribution in [0.4, 0.5) is 0 Å². The second-order valence-electron chi connectivity index (χ2n) is 2.60. The topological polar surface area (TPSA) is 37.5 Å². The summed E-state index contributed by atoms with van der Waals surface area (Å²) in [5.41, 5.74) is 1.55. The lowest BCUT2D eigenvalue weighted by atomic mass is 10.3. The first-order valence-electron chi connectivity index (χ1n) is 3.64. The molecular weight excluding hydrogens is 255 g/mol. The van der Waals surface area contributed by atoms with Crippen LogP contribution in [0.2, 0.25) is 5.02 Å². The van der Waals surface area contributed by atoms with Gasteiger partial charge in [-0.25, -0.2) is 4.98 Å². The molecule has 0 fully saturated rings. The molecule has 0 spiro atoms. The number of rotatable bonds is 1. The van der Waals surface area contributed by atoms with E-state index >= 15 is 0 Å². The summed E-state index contributed by atoms with van der Waals surface area (Å²) >= 11 is 9.32.